The summed E-state index contributed by atoms with van der Waals surface area (Å²) in [6, 6.07) is 13.2. The molecule has 2 heterocycles. The second-order valence-electron chi connectivity index (χ2n) is 6.29. The van der Waals surface area contributed by atoms with Crippen molar-refractivity contribution in [2.45, 2.75) is 25.7 Å². The van der Waals surface area contributed by atoms with Crippen LogP contribution < -0.4 is 0 Å². The number of hydrogen-bond donors (Lipinski definition) is 2. The van der Waals surface area contributed by atoms with Gasteiger partial charge in [-0.25, -0.2) is 0 Å². The molecular weight excluding hydrogens is 332 g/mol. The van der Waals surface area contributed by atoms with Crippen molar-refractivity contribution in [1.82, 2.24) is 9.88 Å². The van der Waals surface area contributed by atoms with E-state index in [1.54, 1.807) is 18.3 Å². The number of aryl methyl sites for hydroxylation is 1. The lowest BCUT2D eigenvalue weighted by atomic mass is 9.99. The molecule has 0 spiro atoms. The minimum atomic E-state index is -0.250. The zero-order chi connectivity index (χ0) is 18.8. The number of carboxylic acid groups (broad SMARTS) is 1. The standard InChI is InChI=1S/C19H22N2O2.CH2O2/c22-18-7-4-15(5-8-18)13-16-10-12-21(14-16)19(23)9-6-17-3-1-2-11-20-17;2-1-3/h1-5,7-8,11,16,22H,6,9-10,12-14H2;1H,(H,2,3). The summed E-state index contributed by atoms with van der Waals surface area (Å²) in [5.41, 5.74) is 2.19. The van der Waals surface area contributed by atoms with E-state index >= 15 is 0 Å². The van der Waals surface area contributed by atoms with Gasteiger partial charge >= 0.3 is 0 Å². The Labute approximate surface area is 153 Å². The predicted octanol–water partition coefficient (Wildman–Crippen LogP) is 2.51. The first-order valence-electron chi connectivity index (χ1n) is 8.65. The van der Waals surface area contributed by atoms with E-state index in [2.05, 4.69) is 4.98 Å². The molecule has 1 atom stereocenters. The summed E-state index contributed by atoms with van der Waals surface area (Å²) in [7, 11) is 0. The lowest BCUT2D eigenvalue weighted by Gasteiger charge is -2.16. The van der Waals surface area contributed by atoms with Gasteiger partial charge in [-0.15, -0.1) is 0 Å². The van der Waals surface area contributed by atoms with E-state index in [4.69, 9.17) is 9.90 Å². The highest BCUT2D eigenvalue weighted by molar-refractivity contribution is 5.76. The van der Waals surface area contributed by atoms with Gasteiger partial charge in [0.25, 0.3) is 6.47 Å². The van der Waals surface area contributed by atoms with Gasteiger partial charge in [-0.2, -0.15) is 0 Å². The van der Waals surface area contributed by atoms with Gasteiger partial charge in [0.05, 0.1) is 0 Å². The number of nitrogens with zero attached hydrogens (tertiary/aromatic N) is 2. The minimum Gasteiger partial charge on any atom is -0.508 e. The second kappa shape index (κ2) is 10.2. The number of hydrogen-bond acceptors (Lipinski definition) is 4. The first-order valence-corrected chi connectivity index (χ1v) is 8.65. The van der Waals surface area contributed by atoms with Crippen LogP contribution >= 0.6 is 0 Å². The van der Waals surface area contributed by atoms with Crippen LogP contribution in [0.1, 0.15) is 24.1 Å². The van der Waals surface area contributed by atoms with Crippen LogP contribution in [0.25, 0.3) is 0 Å². The third-order valence-corrected chi connectivity index (χ3v) is 4.42. The number of benzene rings is 1. The lowest BCUT2D eigenvalue weighted by Crippen LogP contribution is -2.29. The quantitative estimate of drug-likeness (QED) is 0.804. The van der Waals surface area contributed by atoms with E-state index in [1.165, 1.54) is 5.56 Å². The summed E-state index contributed by atoms with van der Waals surface area (Å²) < 4.78 is 0. The predicted molar refractivity (Wildman–Crippen MR) is 97.7 cm³/mol. The summed E-state index contributed by atoms with van der Waals surface area (Å²) >= 11 is 0. The SMILES string of the molecule is O=C(CCc1ccccn1)N1CCC(Cc2ccc(O)cc2)C1.O=CO. The third kappa shape index (κ3) is 6.20. The van der Waals surface area contributed by atoms with Gasteiger partial charge in [0.15, 0.2) is 0 Å². The zero-order valence-electron chi connectivity index (χ0n) is 14.6. The van der Waals surface area contributed by atoms with Crippen molar-refractivity contribution < 1.29 is 19.8 Å². The fourth-order valence-corrected chi connectivity index (χ4v) is 3.13. The monoisotopic (exact) mass is 356 g/mol. The van der Waals surface area contributed by atoms with Gasteiger partial charge < -0.3 is 15.1 Å². The molecule has 138 valence electrons. The number of rotatable bonds is 5. The molecule has 1 unspecified atom stereocenters. The Balaban J connectivity index is 0.000000758. The van der Waals surface area contributed by atoms with Crippen molar-refractivity contribution in [2.24, 2.45) is 5.92 Å². The molecule has 0 radical (unpaired) electrons. The molecule has 0 bridgehead atoms. The molecule has 2 aromatic rings. The molecule has 0 saturated carbocycles. The van der Waals surface area contributed by atoms with Crippen molar-refractivity contribution in [3.63, 3.8) is 0 Å². The molecule has 1 fully saturated rings. The van der Waals surface area contributed by atoms with Crippen molar-refractivity contribution in [3.8, 4) is 5.75 Å². The van der Waals surface area contributed by atoms with Crippen molar-refractivity contribution in [3.05, 3.63) is 59.9 Å². The molecule has 2 N–H and O–H groups in total. The maximum atomic E-state index is 12.3. The molecule has 1 saturated heterocycles. The smallest absolute Gasteiger partial charge is 0.290 e. The molecular formula is C20H24N2O4. The fraction of sp³-hybridized carbons (Fsp3) is 0.350. The minimum absolute atomic E-state index is 0.226. The molecule has 1 aliphatic heterocycles. The van der Waals surface area contributed by atoms with Gasteiger partial charge in [-0.1, -0.05) is 18.2 Å². The summed E-state index contributed by atoms with van der Waals surface area (Å²) in [5, 5.41) is 16.2. The number of carbonyl (C=O) groups excluding carboxylic acids is 1. The maximum Gasteiger partial charge on any atom is 0.290 e. The van der Waals surface area contributed by atoms with E-state index in [0.717, 1.165) is 31.6 Å². The first kappa shape index (κ1) is 19.4. The van der Waals surface area contributed by atoms with Crippen LogP contribution in [-0.2, 0) is 22.4 Å². The molecule has 1 aromatic carbocycles. The van der Waals surface area contributed by atoms with Crippen LogP contribution in [0.4, 0.5) is 0 Å². The van der Waals surface area contributed by atoms with Crippen LogP contribution in [0.2, 0.25) is 0 Å². The maximum absolute atomic E-state index is 12.3. The van der Waals surface area contributed by atoms with Gasteiger partial charge in [-0.3, -0.25) is 14.6 Å². The Bertz CT molecular complexity index is 689. The van der Waals surface area contributed by atoms with E-state index in [9.17, 15) is 9.90 Å². The molecule has 26 heavy (non-hydrogen) atoms. The van der Waals surface area contributed by atoms with E-state index in [-0.39, 0.29) is 12.4 Å². The molecule has 1 aromatic heterocycles. The van der Waals surface area contributed by atoms with Crippen molar-refractivity contribution in [1.29, 1.82) is 0 Å². The number of amides is 1. The Kier molecular flexibility index (Phi) is 7.61. The fourth-order valence-electron chi connectivity index (χ4n) is 3.13. The Morgan fingerprint density at radius 1 is 1.23 bits per heavy atom. The van der Waals surface area contributed by atoms with Crippen molar-refractivity contribution >= 4 is 12.4 Å². The van der Waals surface area contributed by atoms with E-state index < -0.39 is 0 Å². The highest BCUT2D eigenvalue weighted by Gasteiger charge is 2.26. The van der Waals surface area contributed by atoms with Crippen molar-refractivity contribution in [2.75, 3.05) is 13.1 Å². The Morgan fingerprint density at radius 2 is 1.96 bits per heavy atom. The van der Waals surface area contributed by atoms with E-state index in [1.807, 2.05) is 35.2 Å². The van der Waals surface area contributed by atoms with Gasteiger partial charge in [0.2, 0.25) is 5.91 Å². The van der Waals surface area contributed by atoms with Crippen LogP contribution in [0.5, 0.6) is 5.75 Å². The Morgan fingerprint density at radius 3 is 2.62 bits per heavy atom. The largest absolute Gasteiger partial charge is 0.508 e. The van der Waals surface area contributed by atoms with Crippen LogP contribution in [0, 0.1) is 5.92 Å². The van der Waals surface area contributed by atoms with Crippen LogP contribution in [-0.4, -0.2) is 45.6 Å². The molecule has 1 amide bonds. The third-order valence-electron chi connectivity index (χ3n) is 4.42. The summed E-state index contributed by atoms with van der Waals surface area (Å²) in [4.78, 5) is 26.9. The number of aromatic hydroxyl groups is 1. The average molecular weight is 356 g/mol. The number of likely N-dealkylation sites (tertiary alicyclic amines) is 1. The second-order valence-corrected chi connectivity index (χ2v) is 6.29. The molecule has 0 aliphatic carbocycles. The summed E-state index contributed by atoms with van der Waals surface area (Å²) in [6.07, 6.45) is 5.02. The van der Waals surface area contributed by atoms with Gasteiger partial charge in [0.1, 0.15) is 5.75 Å². The zero-order valence-corrected chi connectivity index (χ0v) is 14.6. The molecule has 6 nitrogen and oxygen atoms in total. The number of pyridine rings is 1. The average Bonchev–Trinajstić information content (AvgIpc) is 3.12. The van der Waals surface area contributed by atoms with Crippen LogP contribution in [0.15, 0.2) is 48.7 Å². The Hall–Kier alpha value is -2.89. The number of phenols is 1. The first-order chi connectivity index (χ1) is 12.6. The number of carbonyl (C=O) groups is 2. The van der Waals surface area contributed by atoms with E-state index in [0.29, 0.717) is 24.5 Å². The topological polar surface area (TPSA) is 90.7 Å². The van der Waals surface area contributed by atoms with Crippen LogP contribution in [0.3, 0.4) is 0 Å². The van der Waals surface area contributed by atoms with Gasteiger partial charge in [0, 0.05) is 31.4 Å². The normalized spacial score (nSPS) is 15.8. The number of aromatic nitrogens is 1. The molecule has 1 aliphatic rings. The lowest BCUT2D eigenvalue weighted by molar-refractivity contribution is -0.130. The summed E-state index contributed by atoms with van der Waals surface area (Å²) in [6.45, 7) is 1.44. The van der Waals surface area contributed by atoms with Gasteiger partial charge in [-0.05, 0) is 55.0 Å². The highest BCUT2D eigenvalue weighted by atomic mass is 16.3. The highest BCUT2D eigenvalue weighted by Crippen LogP contribution is 2.22. The summed E-state index contributed by atoms with van der Waals surface area (Å²) in [5.74, 6) is 1.04. The molecule has 6 heteroatoms. The molecule has 3 rings (SSSR count). The number of phenolic OH excluding ortho intramolecular Hbond substituents is 1.